The minimum Gasteiger partial charge on any atom is -0.383 e. The van der Waals surface area contributed by atoms with Gasteiger partial charge in [0.05, 0.1) is 17.4 Å². The van der Waals surface area contributed by atoms with Crippen LogP contribution >= 0.6 is 12.4 Å². The second-order valence-corrected chi connectivity index (χ2v) is 5.98. The number of hydrogen-bond donors (Lipinski definition) is 1. The summed E-state index contributed by atoms with van der Waals surface area (Å²) in [6, 6.07) is 16.8. The van der Waals surface area contributed by atoms with Crippen LogP contribution < -0.4 is 5.73 Å². The van der Waals surface area contributed by atoms with Crippen LogP contribution in [0.3, 0.4) is 0 Å². The van der Waals surface area contributed by atoms with Crippen LogP contribution in [-0.2, 0) is 0 Å². The maximum Gasteiger partial charge on any atom is 0.198 e. The van der Waals surface area contributed by atoms with Gasteiger partial charge in [0, 0.05) is 18.0 Å². The van der Waals surface area contributed by atoms with Gasteiger partial charge in [0.25, 0.3) is 0 Å². The second-order valence-electron chi connectivity index (χ2n) is 5.98. The third-order valence-corrected chi connectivity index (χ3v) is 4.26. The number of carbonyl (C=O) groups is 1. The summed E-state index contributed by atoms with van der Waals surface area (Å²) in [7, 11) is 0. The largest absolute Gasteiger partial charge is 0.383 e. The van der Waals surface area contributed by atoms with Gasteiger partial charge in [-0.3, -0.25) is 9.78 Å². The molecule has 0 bridgehead atoms. The van der Waals surface area contributed by atoms with E-state index >= 15 is 0 Å². The van der Waals surface area contributed by atoms with E-state index in [1.165, 1.54) is 23.0 Å². The molecule has 4 aromatic rings. The van der Waals surface area contributed by atoms with E-state index in [-0.39, 0.29) is 29.8 Å². The molecule has 2 aromatic heterocycles. The van der Waals surface area contributed by atoms with Gasteiger partial charge in [-0.15, -0.1) is 12.4 Å². The van der Waals surface area contributed by atoms with Crippen LogP contribution in [0.15, 0.2) is 79.3 Å². The Labute approximate surface area is 167 Å². The highest BCUT2D eigenvalue weighted by Crippen LogP contribution is 2.24. The molecule has 4 rings (SSSR count). The molecule has 0 spiro atoms. The summed E-state index contributed by atoms with van der Waals surface area (Å²) < 4.78 is 14.5. The molecule has 2 heterocycles. The Kier molecular flexibility index (Phi) is 5.52. The summed E-state index contributed by atoms with van der Waals surface area (Å²) in [6.07, 6.45) is 4.84. The van der Waals surface area contributed by atoms with Crippen molar-refractivity contribution >= 4 is 24.0 Å². The number of nitrogens with zero attached hydrogens (tertiary/aromatic N) is 3. The van der Waals surface area contributed by atoms with Gasteiger partial charge in [-0.1, -0.05) is 18.2 Å². The van der Waals surface area contributed by atoms with Crippen LogP contribution in [0.5, 0.6) is 0 Å². The first-order valence-electron chi connectivity index (χ1n) is 8.28. The molecule has 0 aliphatic rings. The normalized spacial score (nSPS) is 10.3. The zero-order valence-electron chi connectivity index (χ0n) is 14.6. The molecule has 5 nitrogen and oxygen atoms in total. The Balaban J connectivity index is 0.00000225. The molecule has 0 saturated carbocycles. The van der Waals surface area contributed by atoms with Crippen molar-refractivity contribution in [2.75, 3.05) is 5.73 Å². The van der Waals surface area contributed by atoms with Crippen LogP contribution in [0, 0.1) is 5.82 Å². The number of rotatable bonds is 4. The standard InChI is InChI=1S/C21H15FN4O.ClH/c22-17-4-6-18(7-5-17)26-21(23)19(13-25-26)20(27)16-3-1-2-15(12-16)14-8-10-24-11-9-14;/h1-13H,23H2;1H. The zero-order chi connectivity index (χ0) is 18.8. The van der Waals surface area contributed by atoms with E-state index in [1.807, 2.05) is 30.3 Å². The first-order valence-corrected chi connectivity index (χ1v) is 8.28. The SMILES string of the molecule is Cl.Nc1c(C(=O)c2cccc(-c3ccncc3)c2)cnn1-c1ccc(F)cc1. The predicted molar refractivity (Wildman–Crippen MR) is 108 cm³/mol. The minimum absolute atomic E-state index is 0. The van der Waals surface area contributed by atoms with E-state index in [1.54, 1.807) is 30.6 Å². The summed E-state index contributed by atoms with van der Waals surface area (Å²) in [4.78, 5) is 17.0. The molecule has 0 unspecified atom stereocenters. The smallest absolute Gasteiger partial charge is 0.198 e. The van der Waals surface area contributed by atoms with Crippen molar-refractivity contribution in [3.8, 4) is 16.8 Å². The molecule has 7 heteroatoms. The Morgan fingerprint density at radius 2 is 1.68 bits per heavy atom. The Bertz CT molecular complexity index is 1110. The quantitative estimate of drug-likeness (QED) is 0.523. The van der Waals surface area contributed by atoms with Gasteiger partial charge in [0.15, 0.2) is 5.78 Å². The fourth-order valence-electron chi connectivity index (χ4n) is 2.86. The van der Waals surface area contributed by atoms with Crippen LogP contribution in [0.2, 0.25) is 0 Å². The number of nitrogens with two attached hydrogens (primary N) is 1. The molecule has 0 aliphatic heterocycles. The molecular weight excluding hydrogens is 379 g/mol. The van der Waals surface area contributed by atoms with Crippen molar-refractivity contribution in [3.63, 3.8) is 0 Å². The van der Waals surface area contributed by atoms with Crippen molar-refractivity contribution in [3.05, 3.63) is 96.2 Å². The molecule has 0 atom stereocenters. The summed E-state index contributed by atoms with van der Waals surface area (Å²) in [5.74, 6) is -0.369. The Morgan fingerprint density at radius 3 is 2.39 bits per heavy atom. The van der Waals surface area contributed by atoms with Gasteiger partial charge in [-0.2, -0.15) is 5.10 Å². The van der Waals surface area contributed by atoms with Crippen molar-refractivity contribution < 1.29 is 9.18 Å². The van der Waals surface area contributed by atoms with E-state index < -0.39 is 0 Å². The summed E-state index contributed by atoms with van der Waals surface area (Å²) >= 11 is 0. The molecule has 0 fully saturated rings. The molecule has 2 aromatic carbocycles. The van der Waals surface area contributed by atoms with E-state index in [2.05, 4.69) is 10.1 Å². The summed E-state index contributed by atoms with van der Waals surface area (Å²) in [5, 5.41) is 4.18. The number of pyridine rings is 1. The highest BCUT2D eigenvalue weighted by molar-refractivity contribution is 6.12. The van der Waals surface area contributed by atoms with Crippen LogP contribution in [-0.4, -0.2) is 20.5 Å². The van der Waals surface area contributed by atoms with Gasteiger partial charge in [0.1, 0.15) is 11.6 Å². The predicted octanol–water partition coefficient (Wildman–Crippen LogP) is 4.31. The molecule has 0 aliphatic carbocycles. The van der Waals surface area contributed by atoms with E-state index in [0.717, 1.165) is 11.1 Å². The van der Waals surface area contributed by atoms with Crippen molar-refractivity contribution in [1.29, 1.82) is 0 Å². The average molecular weight is 395 g/mol. The summed E-state index contributed by atoms with van der Waals surface area (Å²) in [6.45, 7) is 0. The van der Waals surface area contributed by atoms with E-state index in [4.69, 9.17) is 5.73 Å². The Hall–Kier alpha value is -3.51. The van der Waals surface area contributed by atoms with Gasteiger partial charge in [-0.05, 0) is 53.6 Å². The molecule has 140 valence electrons. The molecule has 0 amide bonds. The minimum atomic E-state index is -0.353. The number of halogens is 2. The maximum absolute atomic E-state index is 13.1. The van der Waals surface area contributed by atoms with Crippen LogP contribution in [0.25, 0.3) is 16.8 Å². The topological polar surface area (TPSA) is 73.8 Å². The number of benzene rings is 2. The lowest BCUT2D eigenvalue weighted by Crippen LogP contribution is -2.07. The number of carbonyl (C=O) groups excluding carboxylic acids is 1. The second kappa shape index (κ2) is 8.02. The van der Waals surface area contributed by atoms with Crippen LogP contribution in [0.1, 0.15) is 15.9 Å². The third-order valence-electron chi connectivity index (χ3n) is 4.26. The van der Waals surface area contributed by atoms with Gasteiger partial charge >= 0.3 is 0 Å². The van der Waals surface area contributed by atoms with Crippen molar-refractivity contribution in [2.45, 2.75) is 0 Å². The lowest BCUT2D eigenvalue weighted by molar-refractivity contribution is 0.103. The fraction of sp³-hybridized carbons (Fsp3) is 0. The molecule has 0 saturated heterocycles. The molecule has 28 heavy (non-hydrogen) atoms. The maximum atomic E-state index is 13.1. The fourth-order valence-corrected chi connectivity index (χ4v) is 2.86. The number of ketones is 1. The van der Waals surface area contributed by atoms with Crippen LogP contribution in [0.4, 0.5) is 10.2 Å². The van der Waals surface area contributed by atoms with E-state index in [0.29, 0.717) is 16.8 Å². The number of hydrogen-bond acceptors (Lipinski definition) is 4. The molecular formula is C21H16ClFN4O. The average Bonchev–Trinajstić information content (AvgIpc) is 3.10. The van der Waals surface area contributed by atoms with E-state index in [9.17, 15) is 9.18 Å². The first-order chi connectivity index (χ1) is 13.1. The zero-order valence-corrected chi connectivity index (χ0v) is 15.4. The van der Waals surface area contributed by atoms with Gasteiger partial charge in [0.2, 0.25) is 0 Å². The monoisotopic (exact) mass is 394 g/mol. The van der Waals surface area contributed by atoms with Gasteiger partial charge < -0.3 is 5.73 Å². The van der Waals surface area contributed by atoms with Gasteiger partial charge in [-0.25, -0.2) is 9.07 Å². The number of anilines is 1. The lowest BCUT2D eigenvalue weighted by atomic mass is 10.00. The molecule has 2 N–H and O–H groups in total. The molecule has 0 radical (unpaired) electrons. The highest BCUT2D eigenvalue weighted by atomic mass is 35.5. The number of aromatic nitrogens is 3. The Morgan fingerprint density at radius 1 is 0.964 bits per heavy atom. The third kappa shape index (κ3) is 3.63. The van der Waals surface area contributed by atoms with Crippen molar-refractivity contribution in [2.24, 2.45) is 0 Å². The highest BCUT2D eigenvalue weighted by Gasteiger charge is 2.18. The lowest BCUT2D eigenvalue weighted by Gasteiger charge is -2.06. The van der Waals surface area contributed by atoms with Crippen molar-refractivity contribution in [1.82, 2.24) is 14.8 Å². The first kappa shape index (κ1) is 19.3. The number of nitrogen functional groups attached to an aromatic ring is 1. The summed E-state index contributed by atoms with van der Waals surface area (Å²) in [5.41, 5.74) is 9.40.